The van der Waals surface area contributed by atoms with E-state index in [0.717, 1.165) is 12.1 Å². The molecular weight excluding hydrogens is 309 g/mol. The Kier molecular flexibility index (Phi) is 3.55. The van der Waals surface area contributed by atoms with Crippen molar-refractivity contribution in [3.8, 4) is 0 Å². The normalized spacial score (nSPS) is 20.3. The van der Waals surface area contributed by atoms with Gasteiger partial charge in [0.05, 0.1) is 23.0 Å². The Morgan fingerprint density at radius 2 is 2.04 bits per heavy atom. The van der Waals surface area contributed by atoms with Crippen molar-refractivity contribution in [2.75, 3.05) is 0 Å². The zero-order chi connectivity index (χ0) is 16.7. The molecule has 1 saturated heterocycles. The summed E-state index contributed by atoms with van der Waals surface area (Å²) in [6.45, 7) is 0. The lowest BCUT2D eigenvalue weighted by Gasteiger charge is -2.26. The maximum atomic E-state index is 14.0. The lowest BCUT2D eigenvalue weighted by Crippen LogP contribution is -2.46. The maximum Gasteiger partial charge on any atom is 0.272 e. The van der Waals surface area contributed by atoms with Gasteiger partial charge >= 0.3 is 0 Å². The molecule has 1 saturated carbocycles. The molecule has 0 radical (unpaired) electrons. The summed E-state index contributed by atoms with van der Waals surface area (Å²) in [5.41, 5.74) is -0.819. The summed E-state index contributed by atoms with van der Waals surface area (Å²) < 4.78 is 14.0. The van der Waals surface area contributed by atoms with Crippen LogP contribution < -0.4 is 5.32 Å². The van der Waals surface area contributed by atoms with E-state index in [4.69, 9.17) is 0 Å². The van der Waals surface area contributed by atoms with Crippen molar-refractivity contribution >= 4 is 23.4 Å². The average Bonchev–Trinajstić information content (AvgIpc) is 3.25. The number of nitrogens with zero attached hydrogens (tertiary/aromatic N) is 2. The number of hydrogen-bond donors (Lipinski definition) is 1. The van der Waals surface area contributed by atoms with E-state index >= 15 is 0 Å². The van der Waals surface area contributed by atoms with Crippen molar-refractivity contribution in [1.29, 1.82) is 0 Å². The molecule has 1 aromatic carbocycles. The van der Waals surface area contributed by atoms with Crippen molar-refractivity contribution in [2.45, 2.75) is 31.3 Å². The van der Waals surface area contributed by atoms with E-state index in [9.17, 15) is 28.9 Å². The lowest BCUT2D eigenvalue weighted by molar-refractivity contribution is -0.385. The van der Waals surface area contributed by atoms with Gasteiger partial charge in [-0.25, -0.2) is 4.39 Å². The molecule has 2 aliphatic rings. The summed E-state index contributed by atoms with van der Waals surface area (Å²) in [6, 6.07) is 1.54. The van der Waals surface area contributed by atoms with E-state index in [0.29, 0.717) is 18.9 Å². The Labute approximate surface area is 129 Å². The van der Waals surface area contributed by atoms with E-state index < -0.39 is 40.2 Å². The molecule has 1 aliphatic heterocycles. The Balaban J connectivity index is 1.92. The van der Waals surface area contributed by atoms with Crippen LogP contribution in [0.25, 0.3) is 0 Å². The first-order valence-corrected chi connectivity index (χ1v) is 6.99. The summed E-state index contributed by atoms with van der Waals surface area (Å²) in [7, 11) is 0. The Hall–Kier alpha value is -2.84. The number of benzene rings is 1. The fraction of sp³-hybridized carbons (Fsp3) is 0.357. The van der Waals surface area contributed by atoms with Crippen LogP contribution in [0.1, 0.15) is 29.6 Å². The molecule has 0 spiro atoms. The molecule has 1 atom stereocenters. The van der Waals surface area contributed by atoms with Crippen LogP contribution in [0.3, 0.4) is 0 Å². The van der Waals surface area contributed by atoms with Gasteiger partial charge in [-0.05, 0) is 18.9 Å². The molecule has 1 heterocycles. The number of carbonyl (C=O) groups excluding carboxylic acids is 3. The number of carbonyl (C=O) groups is 3. The van der Waals surface area contributed by atoms with Crippen LogP contribution in [-0.2, 0) is 9.59 Å². The summed E-state index contributed by atoms with van der Waals surface area (Å²) in [4.78, 5) is 46.8. The molecule has 120 valence electrons. The summed E-state index contributed by atoms with van der Waals surface area (Å²) in [5.74, 6) is -2.84. The zero-order valence-corrected chi connectivity index (χ0v) is 11.8. The number of imide groups is 1. The topological polar surface area (TPSA) is 110 Å². The second kappa shape index (κ2) is 5.41. The van der Waals surface area contributed by atoms with Crippen molar-refractivity contribution in [2.24, 2.45) is 0 Å². The minimum Gasteiger partial charge on any atom is -0.323 e. The highest BCUT2D eigenvalue weighted by atomic mass is 19.1. The van der Waals surface area contributed by atoms with Gasteiger partial charge in [0.15, 0.2) is 0 Å². The van der Waals surface area contributed by atoms with Crippen LogP contribution in [0, 0.1) is 15.9 Å². The van der Waals surface area contributed by atoms with Crippen LogP contribution in [0.2, 0.25) is 0 Å². The predicted molar refractivity (Wildman–Crippen MR) is 73.8 cm³/mol. The number of non-ortho nitro benzene ring substituents is 1. The van der Waals surface area contributed by atoms with Gasteiger partial charge in [-0.3, -0.25) is 29.8 Å². The molecule has 3 rings (SSSR count). The summed E-state index contributed by atoms with van der Waals surface area (Å²) in [5, 5.41) is 12.7. The predicted octanol–water partition coefficient (Wildman–Crippen LogP) is 0.754. The number of rotatable bonds is 4. The van der Waals surface area contributed by atoms with E-state index in [2.05, 4.69) is 5.32 Å². The first-order valence-electron chi connectivity index (χ1n) is 6.99. The van der Waals surface area contributed by atoms with Crippen molar-refractivity contribution in [3.05, 3.63) is 39.7 Å². The van der Waals surface area contributed by atoms with Gasteiger partial charge in [-0.15, -0.1) is 0 Å². The minimum absolute atomic E-state index is 0.157. The molecular formula is C14H12FN3O5. The third-order valence-electron chi connectivity index (χ3n) is 3.85. The third-order valence-corrected chi connectivity index (χ3v) is 3.85. The van der Waals surface area contributed by atoms with E-state index in [1.807, 2.05) is 0 Å². The molecule has 1 aliphatic carbocycles. The van der Waals surface area contributed by atoms with Gasteiger partial charge in [0.2, 0.25) is 11.8 Å². The number of hydrogen-bond acceptors (Lipinski definition) is 5. The number of nitro groups is 1. The van der Waals surface area contributed by atoms with Crippen molar-refractivity contribution in [1.82, 2.24) is 10.2 Å². The largest absolute Gasteiger partial charge is 0.323 e. The minimum atomic E-state index is -1.03. The fourth-order valence-corrected chi connectivity index (χ4v) is 2.61. The van der Waals surface area contributed by atoms with Crippen molar-refractivity contribution in [3.63, 3.8) is 0 Å². The maximum absolute atomic E-state index is 14.0. The molecule has 1 N–H and O–H groups in total. The number of halogens is 1. The second-order valence-electron chi connectivity index (χ2n) is 5.50. The second-order valence-corrected chi connectivity index (χ2v) is 5.50. The number of amides is 3. The van der Waals surface area contributed by atoms with Crippen LogP contribution in [-0.4, -0.2) is 39.6 Å². The van der Waals surface area contributed by atoms with Crippen LogP contribution in [0.4, 0.5) is 10.1 Å². The highest BCUT2D eigenvalue weighted by Crippen LogP contribution is 2.33. The van der Waals surface area contributed by atoms with Gasteiger partial charge in [-0.1, -0.05) is 0 Å². The molecule has 2 fully saturated rings. The first-order chi connectivity index (χ1) is 10.9. The SMILES string of the molecule is O=C1C[C@@H](N(C(=O)c2ccc([N+](=O)[O-])cc2F)C2CC2)C(=O)N1. The number of nitro benzene ring substituents is 1. The van der Waals surface area contributed by atoms with Gasteiger partial charge in [-0.2, -0.15) is 0 Å². The molecule has 8 nitrogen and oxygen atoms in total. The molecule has 0 bridgehead atoms. The van der Waals surface area contributed by atoms with E-state index in [-0.39, 0.29) is 18.0 Å². The molecule has 0 unspecified atom stereocenters. The lowest BCUT2D eigenvalue weighted by atomic mass is 10.1. The van der Waals surface area contributed by atoms with Gasteiger partial charge < -0.3 is 4.90 Å². The van der Waals surface area contributed by atoms with E-state index in [1.54, 1.807) is 0 Å². The first kappa shape index (κ1) is 15.1. The third kappa shape index (κ3) is 2.77. The highest BCUT2D eigenvalue weighted by Gasteiger charge is 2.45. The Bertz CT molecular complexity index is 731. The van der Waals surface area contributed by atoms with Crippen LogP contribution in [0.15, 0.2) is 18.2 Å². The van der Waals surface area contributed by atoms with Gasteiger partial charge in [0.1, 0.15) is 11.9 Å². The van der Waals surface area contributed by atoms with E-state index in [1.165, 1.54) is 4.90 Å². The molecule has 0 aromatic heterocycles. The Morgan fingerprint density at radius 3 is 2.52 bits per heavy atom. The van der Waals surface area contributed by atoms with Crippen molar-refractivity contribution < 1.29 is 23.7 Å². The zero-order valence-electron chi connectivity index (χ0n) is 11.8. The molecule has 23 heavy (non-hydrogen) atoms. The van der Waals surface area contributed by atoms with Crippen LogP contribution in [0.5, 0.6) is 0 Å². The smallest absolute Gasteiger partial charge is 0.272 e. The monoisotopic (exact) mass is 321 g/mol. The molecule has 1 aromatic rings. The van der Waals surface area contributed by atoms with Gasteiger partial charge in [0.25, 0.3) is 11.6 Å². The molecule has 3 amide bonds. The fourth-order valence-electron chi connectivity index (χ4n) is 2.61. The standard InChI is InChI=1S/C14H12FN3O5/c15-10-5-8(18(22)23)3-4-9(10)14(21)17(7-1-2-7)11-6-12(19)16-13(11)20/h3-5,7,11H,1-2,6H2,(H,16,19,20)/t11-/m1/s1. The quantitative estimate of drug-likeness (QED) is 0.500. The summed E-state index contributed by atoms with van der Waals surface area (Å²) >= 11 is 0. The van der Waals surface area contributed by atoms with Gasteiger partial charge in [0, 0.05) is 12.1 Å². The highest BCUT2D eigenvalue weighted by molar-refractivity contribution is 6.08. The van der Waals surface area contributed by atoms with Crippen LogP contribution >= 0.6 is 0 Å². The summed E-state index contributed by atoms with van der Waals surface area (Å²) in [6.07, 6.45) is 1.17. The number of nitrogens with one attached hydrogen (secondary N) is 1. The Morgan fingerprint density at radius 1 is 1.35 bits per heavy atom. The molecule has 9 heteroatoms. The average molecular weight is 321 g/mol.